The highest BCUT2D eigenvalue weighted by Gasteiger charge is 2.19. The van der Waals surface area contributed by atoms with E-state index < -0.39 is 18.0 Å². The van der Waals surface area contributed by atoms with Crippen LogP contribution in [0.25, 0.3) is 11.0 Å². The molecule has 3 aromatic rings. The number of rotatable bonds is 7. The number of amides is 1. The Hall–Kier alpha value is -3.13. The maximum Gasteiger partial charge on any atom is 0.317 e. The summed E-state index contributed by atoms with van der Waals surface area (Å²) < 4.78 is 10.5. The van der Waals surface area contributed by atoms with Crippen LogP contribution in [0.4, 0.5) is 5.69 Å². The lowest BCUT2D eigenvalue weighted by Gasteiger charge is -2.15. The van der Waals surface area contributed by atoms with Gasteiger partial charge in [-0.05, 0) is 43.7 Å². The quantitative estimate of drug-likeness (QED) is 0.469. The van der Waals surface area contributed by atoms with E-state index in [1.807, 2.05) is 37.3 Å². The minimum atomic E-state index is -0.948. The Balaban J connectivity index is 1.54. The topological polar surface area (TPSA) is 90.4 Å². The zero-order valence-corrected chi connectivity index (χ0v) is 17.2. The molecule has 29 heavy (non-hydrogen) atoms. The largest absolute Gasteiger partial charge is 0.495 e. The molecular weight excluding hydrogens is 390 g/mol. The molecule has 1 N–H and O–H groups in total. The highest BCUT2D eigenvalue weighted by molar-refractivity contribution is 7.99. The van der Waals surface area contributed by atoms with Crippen molar-refractivity contribution >= 4 is 40.4 Å². The number of ether oxygens (including phenoxy) is 2. The second-order valence-corrected chi connectivity index (χ2v) is 7.31. The predicted octanol–water partition coefficient (Wildman–Crippen LogP) is 3.61. The Morgan fingerprint density at radius 3 is 2.69 bits per heavy atom. The second-order valence-electron chi connectivity index (χ2n) is 6.31. The van der Waals surface area contributed by atoms with Gasteiger partial charge in [-0.1, -0.05) is 30.0 Å². The molecule has 0 saturated carbocycles. The van der Waals surface area contributed by atoms with Gasteiger partial charge in [-0.15, -0.1) is 0 Å². The van der Waals surface area contributed by atoms with E-state index in [9.17, 15) is 9.59 Å². The molecule has 0 aliphatic heterocycles. The summed E-state index contributed by atoms with van der Waals surface area (Å²) in [7, 11) is 1.52. The number of nitrogens with zero attached hydrogens (tertiary/aromatic N) is 2. The van der Waals surface area contributed by atoms with Crippen molar-refractivity contribution in [3.8, 4) is 5.75 Å². The van der Waals surface area contributed by atoms with Gasteiger partial charge in [-0.3, -0.25) is 14.6 Å². The number of carbonyl (C=O) groups is 2. The Bertz CT molecular complexity index is 1040. The van der Waals surface area contributed by atoms with Gasteiger partial charge in [0.25, 0.3) is 5.91 Å². The van der Waals surface area contributed by atoms with E-state index in [2.05, 4.69) is 15.3 Å². The number of para-hydroxylation sites is 2. The van der Waals surface area contributed by atoms with Gasteiger partial charge >= 0.3 is 5.97 Å². The van der Waals surface area contributed by atoms with Crippen LogP contribution in [0.1, 0.15) is 12.5 Å². The number of nitrogens with one attached hydrogen (secondary N) is 1. The van der Waals surface area contributed by atoms with Crippen LogP contribution in [0, 0.1) is 6.92 Å². The van der Waals surface area contributed by atoms with Crippen LogP contribution in [0.3, 0.4) is 0 Å². The van der Waals surface area contributed by atoms with Crippen LogP contribution >= 0.6 is 11.8 Å². The number of benzene rings is 2. The Labute approximate surface area is 172 Å². The van der Waals surface area contributed by atoms with Gasteiger partial charge in [0.1, 0.15) is 10.8 Å². The van der Waals surface area contributed by atoms with Crippen molar-refractivity contribution in [3.05, 3.63) is 54.2 Å². The average molecular weight is 411 g/mol. The molecule has 0 spiro atoms. The molecule has 0 aliphatic rings. The molecule has 0 fully saturated rings. The number of thioether (sulfide) groups is 1. The fourth-order valence-corrected chi connectivity index (χ4v) is 3.21. The highest BCUT2D eigenvalue weighted by Crippen LogP contribution is 2.25. The monoisotopic (exact) mass is 411 g/mol. The van der Waals surface area contributed by atoms with Crippen molar-refractivity contribution in [1.29, 1.82) is 0 Å². The zero-order chi connectivity index (χ0) is 20.8. The number of methoxy groups -OCH3 is 1. The van der Waals surface area contributed by atoms with E-state index in [1.165, 1.54) is 25.8 Å². The van der Waals surface area contributed by atoms with Gasteiger partial charge in [0.05, 0.1) is 35.8 Å². The number of esters is 1. The average Bonchev–Trinajstić information content (AvgIpc) is 2.72. The first kappa shape index (κ1) is 20.6. The maximum atomic E-state index is 12.4. The molecule has 7 nitrogen and oxygen atoms in total. The summed E-state index contributed by atoms with van der Waals surface area (Å²) in [5.41, 5.74) is 3.04. The first-order valence-corrected chi connectivity index (χ1v) is 9.94. The number of carbonyl (C=O) groups excluding carboxylic acids is 2. The number of anilines is 1. The summed E-state index contributed by atoms with van der Waals surface area (Å²) in [6.07, 6.45) is 0.663. The normalized spacial score (nSPS) is 11.7. The molecule has 1 aromatic heterocycles. The number of hydrogen-bond donors (Lipinski definition) is 1. The number of fused-ring (bicyclic) bond motifs is 1. The molecule has 0 radical (unpaired) electrons. The summed E-state index contributed by atoms with van der Waals surface area (Å²) in [5, 5.41) is 3.34. The van der Waals surface area contributed by atoms with Crippen LogP contribution in [-0.2, 0) is 14.3 Å². The molecule has 0 aliphatic carbocycles. The first-order valence-electron chi connectivity index (χ1n) is 8.96. The molecule has 1 amide bonds. The molecule has 1 atom stereocenters. The third-order valence-corrected chi connectivity index (χ3v) is 4.93. The van der Waals surface area contributed by atoms with Crippen LogP contribution in [0.2, 0.25) is 0 Å². The van der Waals surface area contributed by atoms with E-state index in [0.29, 0.717) is 16.5 Å². The summed E-state index contributed by atoms with van der Waals surface area (Å²) >= 11 is 1.21. The SMILES string of the molecule is COc1ccc(C)cc1NC(=O)C(C)OC(=O)CSc1cnc2ccccc2n1. The first-order chi connectivity index (χ1) is 14.0. The minimum Gasteiger partial charge on any atom is -0.495 e. The van der Waals surface area contributed by atoms with Crippen LogP contribution in [0.5, 0.6) is 5.75 Å². The molecule has 2 aromatic carbocycles. The number of aromatic nitrogens is 2. The van der Waals surface area contributed by atoms with E-state index in [0.717, 1.165) is 16.6 Å². The lowest BCUT2D eigenvalue weighted by Crippen LogP contribution is -2.30. The molecule has 3 rings (SSSR count). The van der Waals surface area contributed by atoms with Gasteiger partial charge in [0.15, 0.2) is 6.10 Å². The lowest BCUT2D eigenvalue weighted by atomic mass is 10.2. The van der Waals surface area contributed by atoms with Crippen molar-refractivity contribution in [2.24, 2.45) is 0 Å². The molecule has 0 saturated heterocycles. The van der Waals surface area contributed by atoms with E-state index >= 15 is 0 Å². The zero-order valence-electron chi connectivity index (χ0n) is 16.3. The van der Waals surface area contributed by atoms with Gasteiger partial charge < -0.3 is 14.8 Å². The molecule has 150 valence electrons. The van der Waals surface area contributed by atoms with Crippen molar-refractivity contribution < 1.29 is 19.1 Å². The third kappa shape index (κ3) is 5.45. The maximum absolute atomic E-state index is 12.4. The fourth-order valence-electron chi connectivity index (χ4n) is 2.58. The highest BCUT2D eigenvalue weighted by atomic mass is 32.2. The standard InChI is InChI=1S/C21H21N3O4S/c1-13-8-9-18(27-3)17(10-13)24-21(26)14(2)28-20(25)12-29-19-11-22-15-6-4-5-7-16(15)23-19/h4-11,14H,12H2,1-3H3,(H,24,26). The second kappa shape index (κ2) is 9.38. The summed E-state index contributed by atoms with van der Waals surface area (Å²) in [4.78, 5) is 33.3. The van der Waals surface area contributed by atoms with E-state index in [1.54, 1.807) is 18.3 Å². The van der Waals surface area contributed by atoms with Crippen molar-refractivity contribution in [2.75, 3.05) is 18.2 Å². The Morgan fingerprint density at radius 1 is 1.17 bits per heavy atom. The minimum absolute atomic E-state index is 0.0262. The summed E-state index contributed by atoms with van der Waals surface area (Å²) in [6.45, 7) is 3.43. The molecule has 1 unspecified atom stereocenters. The van der Waals surface area contributed by atoms with E-state index in [-0.39, 0.29) is 5.75 Å². The van der Waals surface area contributed by atoms with Crippen LogP contribution < -0.4 is 10.1 Å². The van der Waals surface area contributed by atoms with Gasteiger partial charge in [-0.2, -0.15) is 0 Å². The van der Waals surface area contributed by atoms with Gasteiger partial charge in [0, 0.05) is 0 Å². The Kier molecular flexibility index (Phi) is 6.66. The molecule has 0 bridgehead atoms. The van der Waals surface area contributed by atoms with Gasteiger partial charge in [0.2, 0.25) is 0 Å². The van der Waals surface area contributed by atoms with E-state index in [4.69, 9.17) is 9.47 Å². The molecule has 8 heteroatoms. The fraction of sp³-hybridized carbons (Fsp3) is 0.238. The predicted molar refractivity (Wildman–Crippen MR) is 112 cm³/mol. The number of hydrogen-bond acceptors (Lipinski definition) is 7. The Morgan fingerprint density at radius 2 is 1.93 bits per heavy atom. The van der Waals surface area contributed by atoms with Gasteiger partial charge in [-0.25, -0.2) is 4.98 Å². The third-order valence-electron chi connectivity index (χ3n) is 4.05. The number of aryl methyl sites for hydroxylation is 1. The van der Waals surface area contributed by atoms with Crippen LogP contribution in [-0.4, -0.2) is 40.8 Å². The van der Waals surface area contributed by atoms with Crippen molar-refractivity contribution in [1.82, 2.24) is 9.97 Å². The van der Waals surface area contributed by atoms with Crippen molar-refractivity contribution in [2.45, 2.75) is 25.0 Å². The summed E-state index contributed by atoms with van der Waals surface area (Å²) in [6, 6.07) is 12.9. The molecule has 1 heterocycles. The van der Waals surface area contributed by atoms with Crippen LogP contribution in [0.15, 0.2) is 53.7 Å². The smallest absolute Gasteiger partial charge is 0.317 e. The summed E-state index contributed by atoms with van der Waals surface area (Å²) in [5.74, 6) is -0.382. The van der Waals surface area contributed by atoms with Crippen molar-refractivity contribution in [3.63, 3.8) is 0 Å². The molecular formula is C21H21N3O4S. The lowest BCUT2D eigenvalue weighted by molar-refractivity contribution is -0.150.